The van der Waals surface area contributed by atoms with E-state index >= 15 is 0 Å². The Kier molecular flexibility index (Phi) is 5.10. The quantitative estimate of drug-likeness (QED) is 0.440. The van der Waals surface area contributed by atoms with E-state index in [1.807, 2.05) is 13.8 Å². The van der Waals surface area contributed by atoms with Crippen LogP contribution in [-0.4, -0.2) is 58.5 Å². The van der Waals surface area contributed by atoms with E-state index in [0.29, 0.717) is 0 Å². The van der Waals surface area contributed by atoms with Crippen LogP contribution in [0.1, 0.15) is 27.7 Å². The number of nitrogens with two attached hydrogens (primary N) is 1. The third-order valence-electron chi connectivity index (χ3n) is 3.83. The molecule has 1 amide bonds. The molecule has 2 aliphatic rings. The Morgan fingerprint density at radius 3 is 2.61 bits per heavy atom. The van der Waals surface area contributed by atoms with Gasteiger partial charge in [-0.15, -0.1) is 11.8 Å². The van der Waals surface area contributed by atoms with Gasteiger partial charge in [0.1, 0.15) is 6.04 Å². The first-order valence-corrected chi connectivity index (χ1v) is 8.34. The second kappa shape index (κ2) is 6.56. The van der Waals surface area contributed by atoms with E-state index in [9.17, 15) is 14.4 Å². The van der Waals surface area contributed by atoms with E-state index < -0.39 is 29.2 Å². The maximum Gasteiger partial charge on any atom is 0.511 e. The molecule has 2 saturated heterocycles. The van der Waals surface area contributed by atoms with Crippen molar-refractivity contribution in [3.8, 4) is 0 Å². The Morgan fingerprint density at radius 2 is 2.04 bits per heavy atom. The molecule has 0 aromatic rings. The molecule has 8 nitrogen and oxygen atoms in total. The summed E-state index contributed by atoms with van der Waals surface area (Å²) in [4.78, 5) is 37.3. The number of hydrogen-bond acceptors (Lipinski definition) is 8. The summed E-state index contributed by atoms with van der Waals surface area (Å²) in [5, 5.41) is -0.110. The van der Waals surface area contributed by atoms with Gasteiger partial charge < -0.3 is 24.8 Å². The Morgan fingerprint density at radius 1 is 1.39 bits per heavy atom. The number of β-lactam (4-membered cyclic amide) rings is 1. The van der Waals surface area contributed by atoms with Crippen molar-refractivity contribution in [3.05, 3.63) is 0 Å². The summed E-state index contributed by atoms with van der Waals surface area (Å²) in [5.41, 5.74) is 5.61. The molecule has 23 heavy (non-hydrogen) atoms. The monoisotopic (exact) mass is 346 g/mol. The van der Waals surface area contributed by atoms with Gasteiger partial charge in [-0.1, -0.05) is 0 Å². The van der Waals surface area contributed by atoms with Crippen LogP contribution >= 0.6 is 11.8 Å². The summed E-state index contributed by atoms with van der Waals surface area (Å²) in [7, 11) is 0. The molecule has 2 rings (SSSR count). The van der Waals surface area contributed by atoms with E-state index in [1.54, 1.807) is 6.92 Å². The lowest BCUT2D eigenvalue weighted by atomic mass is 9.92. The highest BCUT2D eigenvalue weighted by molar-refractivity contribution is 8.01. The number of fused-ring (bicyclic) bond motifs is 1. The summed E-state index contributed by atoms with van der Waals surface area (Å²) in [6.45, 7) is 7.23. The first kappa shape index (κ1) is 17.9. The molecular formula is C14H22N2O6S. The van der Waals surface area contributed by atoms with E-state index in [2.05, 4.69) is 4.74 Å². The molecule has 0 radical (unpaired) electrons. The number of thioether (sulfide) groups is 1. The van der Waals surface area contributed by atoms with Gasteiger partial charge in [0.25, 0.3) is 0 Å². The summed E-state index contributed by atoms with van der Waals surface area (Å²) in [6.07, 6.45) is -2.00. The molecule has 0 unspecified atom stereocenters. The number of hydrogen-bond donors (Lipinski definition) is 1. The zero-order valence-corrected chi connectivity index (χ0v) is 14.4. The minimum atomic E-state index is -1.09. The maximum atomic E-state index is 12.4. The Bertz CT molecular complexity index is 511. The SMILES string of the molecule is CCOC(=O)O[C@@H](C)OC(=O)[C@@H]1N2C(=O)[C@H](CN)[C@H]2SC1(C)C. The van der Waals surface area contributed by atoms with Crippen molar-refractivity contribution in [3.63, 3.8) is 0 Å². The van der Waals surface area contributed by atoms with Crippen LogP contribution in [0, 0.1) is 5.92 Å². The van der Waals surface area contributed by atoms with Gasteiger partial charge in [0.15, 0.2) is 0 Å². The third kappa shape index (κ3) is 3.25. The fourth-order valence-corrected chi connectivity index (χ4v) is 4.52. The smallest absolute Gasteiger partial charge is 0.435 e. The molecule has 2 aliphatic heterocycles. The second-order valence-electron chi connectivity index (χ2n) is 5.91. The summed E-state index contributed by atoms with van der Waals surface area (Å²) in [6, 6.07) is -0.735. The molecule has 0 aromatic heterocycles. The van der Waals surface area contributed by atoms with Crippen LogP contribution in [0.15, 0.2) is 0 Å². The van der Waals surface area contributed by atoms with Crippen LogP contribution in [-0.2, 0) is 23.8 Å². The number of carbonyl (C=O) groups is 3. The standard InChI is InChI=1S/C14H22N2O6S/c1-5-20-13(19)22-7(2)21-12(18)9-14(3,4)23-11-8(6-15)10(17)16(9)11/h7-9,11H,5-6,15H2,1-4H3/t7-,8-,9-,11+/m0/s1. The molecule has 0 aliphatic carbocycles. The maximum absolute atomic E-state index is 12.4. The highest BCUT2D eigenvalue weighted by Gasteiger charge is 2.63. The van der Waals surface area contributed by atoms with Crippen LogP contribution in [0.4, 0.5) is 4.79 Å². The first-order valence-electron chi connectivity index (χ1n) is 7.46. The van der Waals surface area contributed by atoms with Crippen molar-refractivity contribution in [1.29, 1.82) is 0 Å². The molecule has 2 heterocycles. The van der Waals surface area contributed by atoms with E-state index in [-0.39, 0.29) is 30.4 Å². The molecule has 130 valence electrons. The molecule has 0 saturated carbocycles. The van der Waals surface area contributed by atoms with E-state index in [4.69, 9.17) is 15.2 Å². The van der Waals surface area contributed by atoms with Crippen LogP contribution in [0.5, 0.6) is 0 Å². The topological polar surface area (TPSA) is 108 Å². The number of ether oxygens (including phenoxy) is 3. The zero-order chi connectivity index (χ0) is 17.4. The molecule has 0 bridgehead atoms. The molecule has 4 atom stereocenters. The number of nitrogens with zero attached hydrogens (tertiary/aromatic N) is 1. The second-order valence-corrected chi connectivity index (χ2v) is 7.68. The first-order chi connectivity index (χ1) is 10.7. The van der Waals surface area contributed by atoms with Gasteiger partial charge in [-0.05, 0) is 20.8 Å². The minimum Gasteiger partial charge on any atom is -0.435 e. The van der Waals surface area contributed by atoms with Crippen LogP contribution in [0.3, 0.4) is 0 Å². The lowest BCUT2D eigenvalue weighted by molar-refractivity contribution is -0.181. The highest BCUT2D eigenvalue weighted by Crippen LogP contribution is 2.53. The summed E-state index contributed by atoms with van der Waals surface area (Å²) >= 11 is 1.53. The number of esters is 1. The summed E-state index contributed by atoms with van der Waals surface area (Å²) in [5.74, 6) is -1.01. The van der Waals surface area contributed by atoms with Crippen molar-refractivity contribution in [2.45, 2.75) is 50.1 Å². The third-order valence-corrected chi connectivity index (χ3v) is 5.46. The van der Waals surface area contributed by atoms with Crippen molar-refractivity contribution in [2.75, 3.05) is 13.2 Å². The number of rotatable bonds is 5. The number of carbonyl (C=O) groups excluding carboxylic acids is 3. The van der Waals surface area contributed by atoms with Crippen molar-refractivity contribution < 1.29 is 28.6 Å². The zero-order valence-electron chi connectivity index (χ0n) is 13.6. The van der Waals surface area contributed by atoms with Gasteiger partial charge in [-0.25, -0.2) is 9.59 Å². The van der Waals surface area contributed by atoms with Crippen molar-refractivity contribution in [1.82, 2.24) is 4.90 Å². The average Bonchev–Trinajstić information content (AvgIpc) is 2.67. The largest absolute Gasteiger partial charge is 0.511 e. The molecule has 2 N–H and O–H groups in total. The molecular weight excluding hydrogens is 324 g/mol. The van der Waals surface area contributed by atoms with Gasteiger partial charge in [0, 0.05) is 18.2 Å². The fraction of sp³-hybridized carbons (Fsp3) is 0.786. The van der Waals surface area contributed by atoms with Gasteiger partial charge in [-0.3, -0.25) is 4.79 Å². The lowest BCUT2D eigenvalue weighted by Crippen LogP contribution is -2.64. The Hall–Kier alpha value is -1.48. The molecule has 0 aromatic carbocycles. The van der Waals surface area contributed by atoms with Gasteiger partial charge in [0.2, 0.25) is 12.2 Å². The normalized spacial score (nSPS) is 29.3. The van der Waals surface area contributed by atoms with Crippen molar-refractivity contribution >= 4 is 29.8 Å². The minimum absolute atomic E-state index is 0.110. The predicted molar refractivity (Wildman–Crippen MR) is 82.3 cm³/mol. The Labute approximate surface area is 139 Å². The van der Waals surface area contributed by atoms with Crippen LogP contribution in [0.25, 0.3) is 0 Å². The van der Waals surface area contributed by atoms with Gasteiger partial charge in [-0.2, -0.15) is 0 Å². The fourth-order valence-electron chi connectivity index (χ4n) is 2.83. The van der Waals surface area contributed by atoms with Crippen molar-refractivity contribution in [2.24, 2.45) is 11.7 Å². The Balaban J connectivity index is 2.01. The van der Waals surface area contributed by atoms with E-state index in [0.717, 1.165) is 0 Å². The van der Waals surface area contributed by atoms with Crippen LogP contribution in [0.2, 0.25) is 0 Å². The lowest BCUT2D eigenvalue weighted by Gasteiger charge is -2.43. The predicted octanol–water partition coefficient (Wildman–Crippen LogP) is 0.686. The van der Waals surface area contributed by atoms with Gasteiger partial charge >= 0.3 is 12.1 Å². The number of amides is 1. The van der Waals surface area contributed by atoms with E-state index in [1.165, 1.54) is 23.6 Å². The molecule has 2 fully saturated rings. The molecule has 0 spiro atoms. The van der Waals surface area contributed by atoms with Crippen LogP contribution < -0.4 is 5.73 Å². The molecule has 9 heteroatoms. The summed E-state index contributed by atoms with van der Waals surface area (Å²) < 4.78 is 14.1. The van der Waals surface area contributed by atoms with Gasteiger partial charge in [0.05, 0.1) is 17.9 Å². The highest BCUT2D eigenvalue weighted by atomic mass is 32.2. The average molecular weight is 346 g/mol.